The van der Waals surface area contributed by atoms with Crippen molar-refractivity contribution in [3.63, 3.8) is 0 Å². The molecule has 0 fully saturated rings. The molecule has 7 nitrogen and oxygen atoms in total. The molecule has 0 saturated carbocycles. The fraction of sp³-hybridized carbons (Fsp3) is 0.389. The molecule has 0 spiro atoms. The number of benzene rings is 1. The van der Waals surface area contributed by atoms with Crippen molar-refractivity contribution in [1.82, 2.24) is 10.2 Å². The lowest BCUT2D eigenvalue weighted by atomic mass is 10.0. The molecule has 0 aliphatic rings. The summed E-state index contributed by atoms with van der Waals surface area (Å²) >= 11 is 2.37. The summed E-state index contributed by atoms with van der Waals surface area (Å²) in [7, 11) is 0. The zero-order valence-electron chi connectivity index (χ0n) is 15.2. The maximum atomic E-state index is 12.2. The predicted octanol–water partition coefficient (Wildman–Crippen LogP) is 3.36. The number of thioether (sulfide) groups is 1. The number of aryl methyl sites for hydroxylation is 1. The van der Waals surface area contributed by atoms with Crippen molar-refractivity contribution in [2.45, 2.75) is 37.4 Å². The standard InChI is InChI=1S/C18H21N3O4S2/c1-3-12-5-7-13(8-6-12)14(22)9-10-15(23)19-17-20-21-18(27-17)26-11-16(24)25-4-2/h5-8H,3-4,9-11H2,1-2H3,(H,19,20,23). The molecule has 0 aliphatic carbocycles. The van der Waals surface area contributed by atoms with E-state index in [1.165, 1.54) is 23.1 Å². The van der Waals surface area contributed by atoms with E-state index in [2.05, 4.69) is 22.4 Å². The molecule has 1 aromatic carbocycles. The van der Waals surface area contributed by atoms with Crippen molar-refractivity contribution in [2.24, 2.45) is 0 Å². The summed E-state index contributed by atoms with van der Waals surface area (Å²) in [5, 5.41) is 10.7. The fourth-order valence-electron chi connectivity index (χ4n) is 2.12. The van der Waals surface area contributed by atoms with E-state index in [1.54, 1.807) is 19.1 Å². The van der Waals surface area contributed by atoms with Gasteiger partial charge >= 0.3 is 5.97 Å². The largest absolute Gasteiger partial charge is 0.465 e. The number of ether oxygens (including phenoxy) is 1. The molecule has 0 unspecified atom stereocenters. The zero-order chi connectivity index (χ0) is 19.6. The summed E-state index contributed by atoms with van der Waals surface area (Å²) < 4.78 is 5.39. The summed E-state index contributed by atoms with van der Waals surface area (Å²) in [6.07, 6.45) is 1.11. The van der Waals surface area contributed by atoms with Crippen LogP contribution < -0.4 is 5.32 Å². The van der Waals surface area contributed by atoms with Gasteiger partial charge < -0.3 is 10.1 Å². The Balaban J connectivity index is 1.76. The van der Waals surface area contributed by atoms with E-state index in [0.29, 0.717) is 21.6 Å². The Labute approximate surface area is 165 Å². The molecule has 0 radical (unpaired) electrons. The summed E-state index contributed by atoms with van der Waals surface area (Å²) in [4.78, 5) is 35.5. The van der Waals surface area contributed by atoms with Crippen LogP contribution in [0.25, 0.3) is 0 Å². The van der Waals surface area contributed by atoms with Crippen molar-refractivity contribution in [3.8, 4) is 0 Å². The first-order chi connectivity index (χ1) is 13.0. The van der Waals surface area contributed by atoms with E-state index in [9.17, 15) is 14.4 Å². The van der Waals surface area contributed by atoms with Gasteiger partial charge in [0.25, 0.3) is 0 Å². The third-order valence-corrected chi connectivity index (χ3v) is 5.48. The predicted molar refractivity (Wildman–Crippen MR) is 105 cm³/mol. The number of esters is 1. The summed E-state index contributed by atoms with van der Waals surface area (Å²) in [5.41, 5.74) is 1.77. The van der Waals surface area contributed by atoms with Gasteiger partial charge in [-0.3, -0.25) is 14.4 Å². The molecule has 27 heavy (non-hydrogen) atoms. The maximum absolute atomic E-state index is 12.2. The Hall–Kier alpha value is -2.26. The van der Waals surface area contributed by atoms with E-state index in [4.69, 9.17) is 4.74 Å². The first-order valence-electron chi connectivity index (χ1n) is 8.55. The minimum Gasteiger partial charge on any atom is -0.465 e. The van der Waals surface area contributed by atoms with Gasteiger partial charge in [-0.1, -0.05) is 54.3 Å². The molecule has 1 amide bonds. The van der Waals surface area contributed by atoms with Gasteiger partial charge in [-0.25, -0.2) is 0 Å². The quantitative estimate of drug-likeness (QED) is 0.279. The fourth-order valence-corrected chi connectivity index (χ4v) is 3.69. The average molecular weight is 408 g/mol. The minimum atomic E-state index is -0.325. The van der Waals surface area contributed by atoms with Gasteiger partial charge in [-0.15, -0.1) is 10.2 Å². The second-order valence-electron chi connectivity index (χ2n) is 5.49. The number of hydrogen-bond donors (Lipinski definition) is 1. The van der Waals surface area contributed by atoms with Crippen molar-refractivity contribution < 1.29 is 19.1 Å². The molecule has 144 valence electrons. The van der Waals surface area contributed by atoms with Gasteiger partial charge in [-0.05, 0) is 18.9 Å². The van der Waals surface area contributed by atoms with E-state index in [1.807, 2.05) is 12.1 Å². The molecule has 0 saturated heterocycles. The van der Waals surface area contributed by atoms with Crippen LogP contribution >= 0.6 is 23.1 Å². The number of Topliss-reactive ketones (excluding diaryl/α,β-unsaturated/α-hetero) is 1. The van der Waals surface area contributed by atoms with E-state index in [-0.39, 0.29) is 36.3 Å². The van der Waals surface area contributed by atoms with Gasteiger partial charge in [0.15, 0.2) is 10.1 Å². The number of ketones is 1. The SMILES string of the molecule is CCOC(=O)CSc1nnc(NC(=O)CCC(=O)c2ccc(CC)cc2)s1. The summed E-state index contributed by atoms with van der Waals surface area (Å²) in [6.45, 7) is 4.12. The molecule has 1 aromatic heterocycles. The number of nitrogens with zero attached hydrogens (tertiary/aromatic N) is 2. The van der Waals surface area contributed by atoms with Crippen LogP contribution in [0.2, 0.25) is 0 Å². The molecule has 2 rings (SSSR count). The Bertz CT molecular complexity index is 790. The highest BCUT2D eigenvalue weighted by Gasteiger charge is 2.13. The zero-order valence-corrected chi connectivity index (χ0v) is 16.8. The number of aromatic nitrogens is 2. The lowest BCUT2D eigenvalue weighted by Gasteiger charge is -2.03. The number of hydrogen-bond acceptors (Lipinski definition) is 8. The highest BCUT2D eigenvalue weighted by Crippen LogP contribution is 2.25. The first kappa shape index (κ1) is 21.0. The molecular weight excluding hydrogens is 386 g/mol. The Morgan fingerprint density at radius 1 is 1.11 bits per heavy atom. The van der Waals surface area contributed by atoms with E-state index in [0.717, 1.165) is 12.0 Å². The normalized spacial score (nSPS) is 10.4. The number of rotatable bonds is 10. The monoisotopic (exact) mass is 407 g/mol. The van der Waals surface area contributed by atoms with E-state index < -0.39 is 0 Å². The number of nitrogens with one attached hydrogen (secondary N) is 1. The van der Waals surface area contributed by atoms with Gasteiger partial charge in [0.05, 0.1) is 12.4 Å². The van der Waals surface area contributed by atoms with Gasteiger partial charge in [-0.2, -0.15) is 0 Å². The van der Waals surface area contributed by atoms with Crippen LogP contribution in [-0.2, 0) is 20.7 Å². The summed E-state index contributed by atoms with van der Waals surface area (Å²) in [6, 6.07) is 7.42. The molecular formula is C18H21N3O4S2. The molecule has 1 heterocycles. The van der Waals surface area contributed by atoms with Gasteiger partial charge in [0.2, 0.25) is 11.0 Å². The van der Waals surface area contributed by atoms with Crippen LogP contribution in [0.3, 0.4) is 0 Å². The topological polar surface area (TPSA) is 98.2 Å². The molecule has 0 atom stereocenters. The van der Waals surface area contributed by atoms with E-state index >= 15 is 0 Å². The number of amides is 1. The van der Waals surface area contributed by atoms with Crippen LogP contribution in [0.15, 0.2) is 28.6 Å². The third kappa shape index (κ3) is 7.10. The highest BCUT2D eigenvalue weighted by atomic mass is 32.2. The third-order valence-electron chi connectivity index (χ3n) is 3.53. The number of carbonyl (C=O) groups excluding carboxylic acids is 3. The van der Waals surface area contributed by atoms with Crippen molar-refractivity contribution in [2.75, 3.05) is 17.7 Å². The number of anilines is 1. The first-order valence-corrected chi connectivity index (χ1v) is 10.4. The summed E-state index contributed by atoms with van der Waals surface area (Å²) in [5.74, 6) is -0.557. The minimum absolute atomic E-state index is 0.0687. The lowest BCUT2D eigenvalue weighted by Crippen LogP contribution is -2.13. The highest BCUT2D eigenvalue weighted by molar-refractivity contribution is 8.01. The molecule has 0 bridgehead atoms. The van der Waals surface area contributed by atoms with Crippen LogP contribution in [0.4, 0.5) is 5.13 Å². The van der Waals surface area contributed by atoms with Crippen molar-refractivity contribution >= 4 is 45.9 Å². The Morgan fingerprint density at radius 2 is 1.85 bits per heavy atom. The molecule has 1 N–H and O–H groups in total. The average Bonchev–Trinajstić information content (AvgIpc) is 3.12. The molecule has 9 heteroatoms. The van der Waals surface area contributed by atoms with Crippen LogP contribution in [-0.4, -0.2) is 40.2 Å². The Kier molecular flexibility index (Phi) is 8.41. The lowest BCUT2D eigenvalue weighted by molar-refractivity contribution is -0.139. The Morgan fingerprint density at radius 3 is 2.52 bits per heavy atom. The van der Waals surface area contributed by atoms with Crippen molar-refractivity contribution in [3.05, 3.63) is 35.4 Å². The molecule has 2 aromatic rings. The molecule has 0 aliphatic heterocycles. The van der Waals surface area contributed by atoms with Crippen LogP contribution in [0.1, 0.15) is 42.6 Å². The van der Waals surface area contributed by atoms with Crippen LogP contribution in [0.5, 0.6) is 0 Å². The van der Waals surface area contributed by atoms with Crippen LogP contribution in [0, 0.1) is 0 Å². The van der Waals surface area contributed by atoms with Gasteiger partial charge in [0, 0.05) is 18.4 Å². The second kappa shape index (κ2) is 10.8. The van der Waals surface area contributed by atoms with Gasteiger partial charge in [0.1, 0.15) is 0 Å². The maximum Gasteiger partial charge on any atom is 0.316 e. The second-order valence-corrected chi connectivity index (χ2v) is 7.69. The number of carbonyl (C=O) groups is 3. The smallest absolute Gasteiger partial charge is 0.316 e. The van der Waals surface area contributed by atoms with Crippen molar-refractivity contribution in [1.29, 1.82) is 0 Å².